The van der Waals surface area contributed by atoms with Gasteiger partial charge in [0.2, 0.25) is 10.0 Å². The lowest BCUT2D eigenvalue weighted by Crippen LogP contribution is -2.15. The third-order valence-corrected chi connectivity index (χ3v) is 2.93. The van der Waals surface area contributed by atoms with Crippen molar-refractivity contribution in [3.63, 3.8) is 0 Å². The number of nitrogens with zero attached hydrogens (tertiary/aromatic N) is 1. The number of nitrogens with two attached hydrogens (primary N) is 1. The Kier molecular flexibility index (Phi) is 3.88. The van der Waals surface area contributed by atoms with Gasteiger partial charge in [0, 0.05) is 6.54 Å². The van der Waals surface area contributed by atoms with Crippen molar-refractivity contribution in [3.05, 3.63) is 23.8 Å². The Morgan fingerprint density at radius 1 is 1.50 bits per heavy atom. The molecule has 0 atom stereocenters. The van der Waals surface area contributed by atoms with Crippen LogP contribution in [0.2, 0.25) is 0 Å². The molecule has 86 valence electrons. The number of primary sulfonamides is 1. The van der Waals surface area contributed by atoms with Gasteiger partial charge in [0.1, 0.15) is 4.90 Å². The van der Waals surface area contributed by atoms with E-state index in [4.69, 9.17) is 10.4 Å². The first-order valence-corrected chi connectivity index (χ1v) is 6.34. The molecule has 6 heteroatoms. The molecule has 0 heterocycles. The summed E-state index contributed by atoms with van der Waals surface area (Å²) in [5.74, 6) is 0. The average Bonchev–Trinajstić information content (AvgIpc) is 2.25. The Balaban J connectivity index is 3.24. The summed E-state index contributed by atoms with van der Waals surface area (Å²) in [5.41, 5.74) is 0.703. The Morgan fingerprint density at radius 3 is 2.69 bits per heavy atom. The lowest BCUT2D eigenvalue weighted by molar-refractivity contribution is 0.598. The molecule has 0 saturated heterocycles. The van der Waals surface area contributed by atoms with Crippen LogP contribution in [0.15, 0.2) is 23.1 Å². The smallest absolute Gasteiger partial charge is 0.240 e. The summed E-state index contributed by atoms with van der Waals surface area (Å²) in [6.45, 7) is 2.61. The zero-order valence-corrected chi connectivity index (χ0v) is 9.71. The van der Waals surface area contributed by atoms with Crippen LogP contribution < -0.4 is 10.5 Å². The van der Waals surface area contributed by atoms with Crippen LogP contribution in [0.4, 0.5) is 5.69 Å². The third-order valence-electron chi connectivity index (χ3n) is 1.98. The van der Waals surface area contributed by atoms with Crippen molar-refractivity contribution in [2.75, 3.05) is 11.9 Å². The van der Waals surface area contributed by atoms with Crippen molar-refractivity contribution in [2.24, 2.45) is 5.14 Å². The van der Waals surface area contributed by atoms with E-state index in [1.165, 1.54) is 6.07 Å². The standard InChI is InChI=1S/C10H13N3O2S/c1-2-5-13-9-4-3-8(7-11)6-10(9)16(12,14)15/h3-4,6,13H,2,5H2,1H3,(H2,12,14,15). The Hall–Kier alpha value is -1.58. The molecule has 0 unspecified atom stereocenters. The molecule has 0 amide bonds. The Morgan fingerprint density at radius 2 is 2.19 bits per heavy atom. The molecule has 5 nitrogen and oxygen atoms in total. The van der Waals surface area contributed by atoms with E-state index in [0.29, 0.717) is 12.2 Å². The maximum atomic E-state index is 11.3. The van der Waals surface area contributed by atoms with E-state index >= 15 is 0 Å². The number of nitriles is 1. The van der Waals surface area contributed by atoms with E-state index in [0.717, 1.165) is 6.42 Å². The number of hydrogen-bond acceptors (Lipinski definition) is 4. The summed E-state index contributed by atoms with van der Waals surface area (Å²) in [5, 5.41) is 16.7. The molecule has 0 aromatic heterocycles. The van der Waals surface area contributed by atoms with E-state index in [9.17, 15) is 8.42 Å². The van der Waals surface area contributed by atoms with Crippen LogP contribution >= 0.6 is 0 Å². The van der Waals surface area contributed by atoms with Gasteiger partial charge in [-0.15, -0.1) is 0 Å². The molecule has 0 bridgehead atoms. The minimum absolute atomic E-state index is 0.0417. The molecule has 0 aliphatic rings. The van der Waals surface area contributed by atoms with E-state index in [1.54, 1.807) is 12.1 Å². The second-order valence-electron chi connectivity index (χ2n) is 3.29. The highest BCUT2D eigenvalue weighted by atomic mass is 32.2. The topological polar surface area (TPSA) is 96.0 Å². The molecule has 0 radical (unpaired) electrons. The minimum Gasteiger partial charge on any atom is -0.384 e. The lowest BCUT2D eigenvalue weighted by atomic mass is 10.2. The number of nitrogens with one attached hydrogen (secondary N) is 1. The summed E-state index contributed by atoms with van der Waals surface area (Å²) in [4.78, 5) is -0.0417. The maximum absolute atomic E-state index is 11.3. The van der Waals surface area contributed by atoms with Gasteiger partial charge < -0.3 is 5.32 Å². The van der Waals surface area contributed by atoms with Crippen molar-refractivity contribution >= 4 is 15.7 Å². The Labute approximate surface area is 94.9 Å². The third kappa shape index (κ3) is 2.95. The molecule has 1 aromatic carbocycles. The molecule has 1 rings (SSSR count). The van der Waals surface area contributed by atoms with E-state index in [-0.39, 0.29) is 10.5 Å². The maximum Gasteiger partial charge on any atom is 0.240 e. The highest BCUT2D eigenvalue weighted by molar-refractivity contribution is 7.89. The van der Waals surface area contributed by atoms with Crippen LogP contribution in [0.5, 0.6) is 0 Å². The SMILES string of the molecule is CCCNc1ccc(C#N)cc1S(N)(=O)=O. The zero-order valence-electron chi connectivity index (χ0n) is 8.90. The van der Waals surface area contributed by atoms with Crippen LogP contribution in [0.1, 0.15) is 18.9 Å². The minimum atomic E-state index is -3.81. The highest BCUT2D eigenvalue weighted by Gasteiger charge is 2.14. The molecule has 0 saturated carbocycles. The summed E-state index contributed by atoms with van der Waals surface area (Å²) in [6, 6.07) is 6.24. The molecular weight excluding hydrogens is 226 g/mol. The van der Waals surface area contributed by atoms with E-state index in [2.05, 4.69) is 5.32 Å². The predicted octanol–water partition coefficient (Wildman–Crippen LogP) is 1.03. The predicted molar refractivity (Wildman–Crippen MR) is 61.3 cm³/mol. The lowest BCUT2D eigenvalue weighted by Gasteiger charge is -2.09. The fourth-order valence-electron chi connectivity index (χ4n) is 1.23. The molecular formula is C10H13N3O2S. The molecule has 0 fully saturated rings. The van der Waals surface area contributed by atoms with Crippen LogP contribution in [0, 0.1) is 11.3 Å². The van der Waals surface area contributed by atoms with Crippen molar-refractivity contribution in [2.45, 2.75) is 18.2 Å². The summed E-state index contributed by atoms with van der Waals surface area (Å²) in [7, 11) is -3.81. The zero-order chi connectivity index (χ0) is 12.2. The first-order valence-electron chi connectivity index (χ1n) is 4.80. The first-order chi connectivity index (χ1) is 7.49. The Bertz CT molecular complexity index is 517. The number of benzene rings is 1. The van der Waals surface area contributed by atoms with Crippen molar-refractivity contribution in [1.82, 2.24) is 0 Å². The van der Waals surface area contributed by atoms with Gasteiger partial charge in [0.05, 0.1) is 17.3 Å². The number of hydrogen-bond donors (Lipinski definition) is 2. The number of sulfonamides is 1. The average molecular weight is 239 g/mol. The van der Waals surface area contributed by atoms with Crippen molar-refractivity contribution in [3.8, 4) is 6.07 Å². The van der Waals surface area contributed by atoms with Gasteiger partial charge in [-0.3, -0.25) is 0 Å². The largest absolute Gasteiger partial charge is 0.384 e. The van der Waals surface area contributed by atoms with E-state index < -0.39 is 10.0 Å². The van der Waals surface area contributed by atoms with Crippen molar-refractivity contribution < 1.29 is 8.42 Å². The van der Waals surface area contributed by atoms with Crippen LogP contribution in [-0.2, 0) is 10.0 Å². The van der Waals surface area contributed by atoms with Crippen molar-refractivity contribution in [1.29, 1.82) is 5.26 Å². The monoisotopic (exact) mass is 239 g/mol. The summed E-state index contributed by atoms with van der Waals surface area (Å²) >= 11 is 0. The van der Waals surface area contributed by atoms with Gasteiger partial charge >= 0.3 is 0 Å². The van der Waals surface area contributed by atoms with Gasteiger partial charge in [-0.1, -0.05) is 6.92 Å². The first kappa shape index (κ1) is 12.5. The normalized spacial score (nSPS) is 10.8. The number of rotatable bonds is 4. The second kappa shape index (κ2) is 4.96. The fourth-order valence-corrected chi connectivity index (χ4v) is 1.97. The molecule has 0 aliphatic carbocycles. The molecule has 0 spiro atoms. The van der Waals surface area contributed by atoms with Gasteiger partial charge in [-0.2, -0.15) is 5.26 Å². The quantitative estimate of drug-likeness (QED) is 0.820. The molecule has 1 aromatic rings. The van der Waals surface area contributed by atoms with Gasteiger partial charge in [0.25, 0.3) is 0 Å². The second-order valence-corrected chi connectivity index (χ2v) is 4.82. The van der Waals surface area contributed by atoms with Gasteiger partial charge in [-0.25, -0.2) is 13.6 Å². The number of anilines is 1. The molecule has 16 heavy (non-hydrogen) atoms. The fraction of sp³-hybridized carbons (Fsp3) is 0.300. The van der Waals surface area contributed by atoms with Crippen LogP contribution in [0.25, 0.3) is 0 Å². The summed E-state index contributed by atoms with van der Waals surface area (Å²) < 4.78 is 22.6. The molecule has 3 N–H and O–H groups in total. The van der Waals surface area contributed by atoms with Gasteiger partial charge in [-0.05, 0) is 24.6 Å². The van der Waals surface area contributed by atoms with Crippen LogP contribution in [0.3, 0.4) is 0 Å². The highest BCUT2D eigenvalue weighted by Crippen LogP contribution is 2.21. The molecule has 0 aliphatic heterocycles. The summed E-state index contributed by atoms with van der Waals surface area (Å²) in [6.07, 6.45) is 0.865. The van der Waals surface area contributed by atoms with E-state index in [1.807, 2.05) is 13.0 Å². The van der Waals surface area contributed by atoms with Crippen LogP contribution in [-0.4, -0.2) is 15.0 Å². The van der Waals surface area contributed by atoms with Gasteiger partial charge in [0.15, 0.2) is 0 Å².